The molecular formula is C12H10ClN3O3. The number of anilines is 1. The number of halogens is 1. The number of aromatic carboxylic acids is 1. The second-order valence-corrected chi connectivity index (χ2v) is 4.27. The molecule has 0 radical (unpaired) electrons. The fourth-order valence-corrected chi connectivity index (χ4v) is 1.74. The van der Waals surface area contributed by atoms with Gasteiger partial charge in [-0.25, -0.2) is 4.79 Å². The van der Waals surface area contributed by atoms with Crippen LogP contribution in [0.25, 0.3) is 0 Å². The summed E-state index contributed by atoms with van der Waals surface area (Å²) >= 11 is 5.74. The van der Waals surface area contributed by atoms with Crippen LogP contribution in [0, 0.1) is 6.92 Å². The molecule has 0 aliphatic rings. The monoisotopic (exact) mass is 279 g/mol. The number of hydrogen-bond acceptors (Lipinski definition) is 3. The zero-order valence-corrected chi connectivity index (χ0v) is 10.7. The average Bonchev–Trinajstić information content (AvgIpc) is 2.77. The van der Waals surface area contributed by atoms with Crippen molar-refractivity contribution in [2.75, 3.05) is 5.32 Å². The van der Waals surface area contributed by atoms with Crippen LogP contribution in [-0.4, -0.2) is 27.2 Å². The fraction of sp³-hybridized carbons (Fsp3) is 0.0833. The fourth-order valence-electron chi connectivity index (χ4n) is 1.54. The molecular weight excluding hydrogens is 270 g/mol. The van der Waals surface area contributed by atoms with E-state index in [-0.39, 0.29) is 16.5 Å². The highest BCUT2D eigenvalue weighted by atomic mass is 35.5. The Labute approximate surface area is 113 Å². The van der Waals surface area contributed by atoms with E-state index in [0.29, 0.717) is 16.9 Å². The van der Waals surface area contributed by atoms with E-state index in [4.69, 9.17) is 16.7 Å². The summed E-state index contributed by atoms with van der Waals surface area (Å²) in [4.78, 5) is 22.8. The van der Waals surface area contributed by atoms with Crippen LogP contribution in [0.1, 0.15) is 26.4 Å². The van der Waals surface area contributed by atoms with Crippen LogP contribution in [-0.2, 0) is 0 Å². The van der Waals surface area contributed by atoms with Gasteiger partial charge < -0.3 is 10.4 Å². The zero-order chi connectivity index (χ0) is 14.0. The highest BCUT2D eigenvalue weighted by Gasteiger charge is 2.13. The van der Waals surface area contributed by atoms with Gasteiger partial charge in [0.25, 0.3) is 5.91 Å². The largest absolute Gasteiger partial charge is 0.478 e. The Morgan fingerprint density at radius 1 is 1.37 bits per heavy atom. The molecule has 2 rings (SSSR count). The predicted molar refractivity (Wildman–Crippen MR) is 69.7 cm³/mol. The van der Waals surface area contributed by atoms with Gasteiger partial charge in [-0.05, 0) is 25.1 Å². The van der Waals surface area contributed by atoms with E-state index >= 15 is 0 Å². The number of hydrogen-bond donors (Lipinski definition) is 3. The number of nitrogens with zero attached hydrogens (tertiary/aromatic N) is 1. The standard InChI is InChI=1S/C12H10ClN3O3/c1-6-9(5-14-16-6)11(17)15-7-2-3-10(13)8(4-7)12(18)19/h2-5H,1H3,(H,14,16)(H,15,17)(H,18,19). The lowest BCUT2D eigenvalue weighted by Gasteiger charge is -2.06. The number of aromatic amines is 1. The minimum absolute atomic E-state index is 0.0663. The van der Waals surface area contributed by atoms with Crippen LogP contribution in [0.4, 0.5) is 5.69 Å². The molecule has 1 heterocycles. The number of aromatic nitrogens is 2. The maximum atomic E-state index is 11.9. The van der Waals surface area contributed by atoms with E-state index in [0.717, 1.165) is 0 Å². The highest BCUT2D eigenvalue weighted by Crippen LogP contribution is 2.21. The van der Waals surface area contributed by atoms with Gasteiger partial charge in [-0.3, -0.25) is 9.89 Å². The first-order valence-corrected chi connectivity index (χ1v) is 5.71. The molecule has 0 saturated carbocycles. The third-order valence-electron chi connectivity index (χ3n) is 2.53. The maximum Gasteiger partial charge on any atom is 0.337 e. The molecule has 2 aromatic rings. The summed E-state index contributed by atoms with van der Waals surface area (Å²) in [5, 5.41) is 18.0. The van der Waals surface area contributed by atoms with Crippen molar-refractivity contribution in [3.63, 3.8) is 0 Å². The third-order valence-corrected chi connectivity index (χ3v) is 2.86. The molecule has 1 aromatic heterocycles. The van der Waals surface area contributed by atoms with Crippen LogP contribution < -0.4 is 5.32 Å². The predicted octanol–water partition coefficient (Wildman–Crippen LogP) is 2.32. The maximum absolute atomic E-state index is 11.9. The Morgan fingerprint density at radius 3 is 2.68 bits per heavy atom. The topological polar surface area (TPSA) is 95.1 Å². The van der Waals surface area contributed by atoms with Crippen LogP contribution in [0.3, 0.4) is 0 Å². The summed E-state index contributed by atoms with van der Waals surface area (Å²) in [5.74, 6) is -1.52. The lowest BCUT2D eigenvalue weighted by Crippen LogP contribution is -2.13. The number of carbonyl (C=O) groups is 2. The quantitative estimate of drug-likeness (QED) is 0.803. The molecule has 0 aliphatic heterocycles. The molecule has 0 aliphatic carbocycles. The van der Waals surface area contributed by atoms with Gasteiger partial charge in [0.2, 0.25) is 0 Å². The molecule has 98 valence electrons. The van der Waals surface area contributed by atoms with Crippen molar-refractivity contribution in [2.45, 2.75) is 6.92 Å². The van der Waals surface area contributed by atoms with Gasteiger partial charge in [-0.2, -0.15) is 5.10 Å². The van der Waals surface area contributed by atoms with Crippen LogP contribution >= 0.6 is 11.6 Å². The smallest absolute Gasteiger partial charge is 0.337 e. The molecule has 6 nitrogen and oxygen atoms in total. The van der Waals surface area contributed by atoms with Crippen molar-refractivity contribution < 1.29 is 14.7 Å². The van der Waals surface area contributed by atoms with Crippen molar-refractivity contribution >= 4 is 29.2 Å². The summed E-state index contributed by atoms with van der Waals surface area (Å²) in [5.41, 5.74) is 1.31. The molecule has 0 bridgehead atoms. The number of nitrogens with one attached hydrogen (secondary N) is 2. The van der Waals surface area contributed by atoms with Gasteiger partial charge in [0.05, 0.1) is 22.3 Å². The summed E-state index contributed by atoms with van der Waals surface area (Å²) in [6.07, 6.45) is 1.40. The summed E-state index contributed by atoms with van der Waals surface area (Å²) < 4.78 is 0. The number of amides is 1. The molecule has 0 fully saturated rings. The second-order valence-electron chi connectivity index (χ2n) is 3.86. The normalized spacial score (nSPS) is 10.2. The molecule has 0 unspecified atom stereocenters. The summed E-state index contributed by atoms with van der Waals surface area (Å²) in [7, 11) is 0. The van der Waals surface area contributed by atoms with Gasteiger partial charge in [0.1, 0.15) is 0 Å². The number of carboxylic acids is 1. The molecule has 19 heavy (non-hydrogen) atoms. The second kappa shape index (κ2) is 5.11. The lowest BCUT2D eigenvalue weighted by atomic mass is 10.2. The van der Waals surface area contributed by atoms with Crippen molar-refractivity contribution in [1.29, 1.82) is 0 Å². The van der Waals surface area contributed by atoms with E-state index in [1.54, 1.807) is 6.92 Å². The minimum Gasteiger partial charge on any atom is -0.478 e. The van der Waals surface area contributed by atoms with Gasteiger partial charge >= 0.3 is 5.97 Å². The van der Waals surface area contributed by atoms with Gasteiger partial charge in [0.15, 0.2) is 0 Å². The highest BCUT2D eigenvalue weighted by molar-refractivity contribution is 6.33. The van der Waals surface area contributed by atoms with Gasteiger partial charge in [0, 0.05) is 11.4 Å². The molecule has 3 N–H and O–H groups in total. The molecule has 0 saturated heterocycles. The van der Waals surface area contributed by atoms with Gasteiger partial charge in [-0.1, -0.05) is 11.6 Å². The minimum atomic E-state index is -1.15. The third kappa shape index (κ3) is 2.74. The SMILES string of the molecule is Cc1[nH]ncc1C(=O)Nc1ccc(Cl)c(C(=O)O)c1. The van der Waals surface area contributed by atoms with Crippen LogP contribution in [0.2, 0.25) is 5.02 Å². The Hall–Kier alpha value is -2.34. The average molecular weight is 280 g/mol. The van der Waals surface area contributed by atoms with Crippen LogP contribution in [0.5, 0.6) is 0 Å². The Bertz CT molecular complexity index is 651. The van der Waals surface area contributed by atoms with Crippen molar-refractivity contribution in [3.8, 4) is 0 Å². The van der Waals surface area contributed by atoms with E-state index in [1.165, 1.54) is 24.4 Å². The molecule has 0 spiro atoms. The van der Waals surface area contributed by atoms with E-state index < -0.39 is 5.97 Å². The van der Waals surface area contributed by atoms with E-state index in [1.807, 2.05) is 0 Å². The lowest BCUT2D eigenvalue weighted by molar-refractivity contribution is 0.0696. The summed E-state index contributed by atoms with van der Waals surface area (Å²) in [6, 6.07) is 4.25. The first kappa shape index (κ1) is 13.1. The Balaban J connectivity index is 2.25. The first-order valence-electron chi connectivity index (χ1n) is 5.33. The number of benzene rings is 1. The summed E-state index contributed by atoms with van der Waals surface area (Å²) in [6.45, 7) is 1.71. The number of carboxylic acid groups (broad SMARTS) is 1. The zero-order valence-electron chi connectivity index (χ0n) is 9.90. The number of carbonyl (C=O) groups excluding carboxylic acids is 1. The van der Waals surface area contributed by atoms with Gasteiger partial charge in [-0.15, -0.1) is 0 Å². The Kier molecular flexibility index (Phi) is 3.52. The molecule has 0 atom stereocenters. The number of aryl methyl sites for hydroxylation is 1. The van der Waals surface area contributed by atoms with Crippen molar-refractivity contribution in [3.05, 3.63) is 46.2 Å². The van der Waals surface area contributed by atoms with E-state index in [9.17, 15) is 9.59 Å². The van der Waals surface area contributed by atoms with Crippen molar-refractivity contribution in [2.24, 2.45) is 0 Å². The molecule has 7 heteroatoms. The number of rotatable bonds is 3. The first-order chi connectivity index (χ1) is 8.99. The molecule has 1 amide bonds. The Morgan fingerprint density at radius 2 is 2.11 bits per heavy atom. The van der Waals surface area contributed by atoms with Crippen LogP contribution in [0.15, 0.2) is 24.4 Å². The van der Waals surface area contributed by atoms with Crippen molar-refractivity contribution in [1.82, 2.24) is 10.2 Å². The number of H-pyrrole nitrogens is 1. The van der Waals surface area contributed by atoms with E-state index in [2.05, 4.69) is 15.5 Å². The molecule has 1 aromatic carbocycles.